The molecule has 0 bridgehead atoms. The number of halogens is 1. The van der Waals surface area contributed by atoms with E-state index in [2.05, 4.69) is 10.6 Å². The summed E-state index contributed by atoms with van der Waals surface area (Å²) in [5, 5.41) is 5.85. The van der Waals surface area contributed by atoms with Gasteiger partial charge < -0.3 is 15.4 Å². The Labute approximate surface area is 152 Å². The quantitative estimate of drug-likeness (QED) is 0.830. The van der Waals surface area contributed by atoms with Crippen LogP contribution in [0.25, 0.3) is 0 Å². The summed E-state index contributed by atoms with van der Waals surface area (Å²) in [5.74, 6) is 0. The van der Waals surface area contributed by atoms with Gasteiger partial charge in [-0.15, -0.1) is 0 Å². The zero-order valence-corrected chi connectivity index (χ0v) is 15.4. The monoisotopic (exact) mass is 387 g/mol. The molecule has 2 fully saturated rings. The number of sulfonamides is 1. The summed E-state index contributed by atoms with van der Waals surface area (Å²) in [4.78, 5) is 12.2. The molecule has 1 saturated heterocycles. The minimum atomic E-state index is -3.64. The number of nitrogens with zero attached hydrogens (tertiary/aromatic N) is 1. The molecular weight excluding hydrogens is 366 g/mol. The third kappa shape index (κ3) is 4.44. The van der Waals surface area contributed by atoms with Gasteiger partial charge in [0.25, 0.3) is 0 Å². The summed E-state index contributed by atoms with van der Waals surface area (Å²) in [6.45, 7) is 1.38. The molecule has 2 N–H and O–H groups in total. The molecule has 1 heterocycles. The predicted octanol–water partition coefficient (Wildman–Crippen LogP) is 2.43. The van der Waals surface area contributed by atoms with E-state index in [9.17, 15) is 13.2 Å². The van der Waals surface area contributed by atoms with Crippen molar-refractivity contribution in [1.29, 1.82) is 0 Å². The van der Waals surface area contributed by atoms with E-state index >= 15 is 0 Å². The van der Waals surface area contributed by atoms with Crippen LogP contribution in [0.4, 0.5) is 10.5 Å². The third-order valence-corrected chi connectivity index (χ3v) is 6.71. The second-order valence-corrected chi connectivity index (χ2v) is 8.58. The molecule has 0 unspecified atom stereocenters. The SMILES string of the molecule is O=C(Nc1cc(S(=O)(=O)N2CCOCC2)ccc1Cl)NC1CCCC1. The Morgan fingerprint density at radius 2 is 1.88 bits per heavy atom. The van der Waals surface area contributed by atoms with Gasteiger partial charge in [-0.3, -0.25) is 0 Å². The largest absolute Gasteiger partial charge is 0.379 e. The van der Waals surface area contributed by atoms with Crippen molar-refractivity contribution >= 4 is 33.3 Å². The Bertz CT molecular complexity index is 729. The molecule has 2 aliphatic rings. The van der Waals surface area contributed by atoms with Crippen molar-refractivity contribution in [3.05, 3.63) is 23.2 Å². The van der Waals surface area contributed by atoms with Crippen LogP contribution in [0, 0.1) is 0 Å². The second kappa shape index (κ2) is 7.90. The molecule has 25 heavy (non-hydrogen) atoms. The lowest BCUT2D eigenvalue weighted by Gasteiger charge is -2.26. The number of urea groups is 1. The molecule has 0 radical (unpaired) electrons. The molecule has 7 nitrogen and oxygen atoms in total. The number of morpholine rings is 1. The minimum Gasteiger partial charge on any atom is -0.379 e. The average molecular weight is 388 g/mol. The molecule has 1 aliphatic heterocycles. The maximum Gasteiger partial charge on any atom is 0.319 e. The van der Waals surface area contributed by atoms with E-state index in [0.29, 0.717) is 31.3 Å². The highest BCUT2D eigenvalue weighted by Gasteiger charge is 2.27. The maximum absolute atomic E-state index is 12.7. The van der Waals surface area contributed by atoms with Crippen LogP contribution in [0.15, 0.2) is 23.1 Å². The molecule has 1 saturated carbocycles. The number of carbonyl (C=O) groups is 1. The van der Waals surface area contributed by atoms with E-state index in [1.807, 2.05) is 0 Å². The van der Waals surface area contributed by atoms with Gasteiger partial charge in [0, 0.05) is 19.1 Å². The summed E-state index contributed by atoms with van der Waals surface area (Å²) in [5.41, 5.74) is 0.284. The van der Waals surface area contributed by atoms with Crippen LogP contribution in [0.3, 0.4) is 0 Å². The van der Waals surface area contributed by atoms with Crippen molar-refractivity contribution in [3.8, 4) is 0 Å². The topological polar surface area (TPSA) is 87.7 Å². The Kier molecular flexibility index (Phi) is 5.83. The smallest absolute Gasteiger partial charge is 0.319 e. The predicted molar refractivity (Wildman–Crippen MR) is 95.4 cm³/mol. The number of rotatable bonds is 4. The Hall–Kier alpha value is -1.35. The van der Waals surface area contributed by atoms with E-state index in [1.54, 1.807) is 0 Å². The summed E-state index contributed by atoms with van der Waals surface area (Å²) in [6.07, 6.45) is 4.15. The first-order valence-electron chi connectivity index (χ1n) is 8.42. The highest BCUT2D eigenvalue weighted by atomic mass is 35.5. The third-order valence-electron chi connectivity index (χ3n) is 4.48. The summed E-state index contributed by atoms with van der Waals surface area (Å²) in [7, 11) is -3.64. The van der Waals surface area contributed by atoms with Crippen molar-refractivity contribution in [2.45, 2.75) is 36.6 Å². The number of anilines is 1. The molecule has 138 valence electrons. The number of hydrogen-bond donors (Lipinski definition) is 2. The van der Waals surface area contributed by atoms with Crippen molar-refractivity contribution in [2.75, 3.05) is 31.6 Å². The lowest BCUT2D eigenvalue weighted by atomic mass is 10.2. The Balaban J connectivity index is 1.74. The first-order chi connectivity index (χ1) is 12.0. The molecule has 9 heteroatoms. The lowest BCUT2D eigenvalue weighted by Crippen LogP contribution is -2.40. The fourth-order valence-corrected chi connectivity index (χ4v) is 4.71. The number of amides is 2. The summed E-state index contributed by atoms with van der Waals surface area (Å²) in [6, 6.07) is 4.14. The molecular formula is C16H22ClN3O4S. The first-order valence-corrected chi connectivity index (χ1v) is 10.2. The van der Waals surface area contributed by atoms with Gasteiger partial charge in [-0.25, -0.2) is 13.2 Å². The first kappa shape index (κ1) is 18.4. The van der Waals surface area contributed by atoms with Gasteiger partial charge in [0.1, 0.15) is 0 Å². The van der Waals surface area contributed by atoms with E-state index in [4.69, 9.17) is 16.3 Å². The molecule has 3 rings (SSSR count). The van der Waals surface area contributed by atoms with E-state index in [1.165, 1.54) is 22.5 Å². The highest BCUT2D eigenvalue weighted by Crippen LogP contribution is 2.27. The van der Waals surface area contributed by atoms with E-state index < -0.39 is 10.0 Å². The normalized spacial score (nSPS) is 19.7. The molecule has 1 aliphatic carbocycles. The standard InChI is InChI=1S/C16H22ClN3O4S/c17-14-6-5-13(25(22,23)20-7-9-24-10-8-20)11-15(14)19-16(21)18-12-3-1-2-4-12/h5-6,11-12H,1-4,7-10H2,(H2,18,19,21). The average Bonchev–Trinajstić information content (AvgIpc) is 3.10. The van der Waals surface area contributed by atoms with Crippen LogP contribution >= 0.6 is 11.6 Å². The number of hydrogen-bond acceptors (Lipinski definition) is 4. The van der Waals surface area contributed by atoms with Crippen molar-refractivity contribution < 1.29 is 17.9 Å². The van der Waals surface area contributed by atoms with Crippen LogP contribution in [-0.2, 0) is 14.8 Å². The molecule has 0 aromatic heterocycles. The molecule has 0 spiro atoms. The van der Waals surface area contributed by atoms with Crippen molar-refractivity contribution in [2.24, 2.45) is 0 Å². The van der Waals surface area contributed by atoms with Crippen molar-refractivity contribution in [3.63, 3.8) is 0 Å². The van der Waals surface area contributed by atoms with E-state index in [-0.39, 0.29) is 22.7 Å². The van der Waals surface area contributed by atoms with Crippen LogP contribution in [-0.4, -0.2) is 51.1 Å². The van der Waals surface area contributed by atoms with Crippen molar-refractivity contribution in [1.82, 2.24) is 9.62 Å². The van der Waals surface area contributed by atoms with Gasteiger partial charge in [-0.2, -0.15) is 4.31 Å². The Morgan fingerprint density at radius 1 is 1.20 bits per heavy atom. The zero-order valence-electron chi connectivity index (χ0n) is 13.8. The summed E-state index contributed by atoms with van der Waals surface area (Å²) >= 11 is 6.12. The number of nitrogens with one attached hydrogen (secondary N) is 2. The lowest BCUT2D eigenvalue weighted by molar-refractivity contribution is 0.0730. The number of ether oxygens (including phenoxy) is 1. The van der Waals surface area contributed by atoms with Gasteiger partial charge >= 0.3 is 6.03 Å². The van der Waals surface area contributed by atoms with Crippen LogP contribution in [0.1, 0.15) is 25.7 Å². The minimum absolute atomic E-state index is 0.106. The highest BCUT2D eigenvalue weighted by molar-refractivity contribution is 7.89. The molecule has 1 aromatic carbocycles. The molecule has 1 aromatic rings. The zero-order chi connectivity index (χ0) is 17.9. The van der Waals surface area contributed by atoms with Gasteiger partial charge in [-0.05, 0) is 31.0 Å². The second-order valence-electron chi connectivity index (χ2n) is 6.24. The molecule has 0 atom stereocenters. The molecule has 2 amide bonds. The van der Waals surface area contributed by atoms with Gasteiger partial charge in [0.2, 0.25) is 10.0 Å². The van der Waals surface area contributed by atoms with Gasteiger partial charge in [0.15, 0.2) is 0 Å². The fraction of sp³-hybridized carbons (Fsp3) is 0.562. The van der Waals surface area contributed by atoms with Gasteiger partial charge in [0.05, 0.1) is 28.8 Å². The van der Waals surface area contributed by atoms with Crippen LogP contribution < -0.4 is 10.6 Å². The number of benzene rings is 1. The van der Waals surface area contributed by atoms with Gasteiger partial charge in [-0.1, -0.05) is 24.4 Å². The van der Waals surface area contributed by atoms with Crippen LogP contribution in [0.2, 0.25) is 5.02 Å². The van der Waals surface area contributed by atoms with Crippen LogP contribution in [0.5, 0.6) is 0 Å². The van der Waals surface area contributed by atoms with E-state index in [0.717, 1.165) is 25.7 Å². The summed E-state index contributed by atoms with van der Waals surface area (Å²) < 4.78 is 32.0. The fourth-order valence-electron chi connectivity index (χ4n) is 3.11. The Morgan fingerprint density at radius 3 is 2.56 bits per heavy atom. The maximum atomic E-state index is 12.7. The number of carbonyl (C=O) groups excluding carboxylic acids is 1.